The molecule has 2 N–H and O–H groups in total. The van der Waals surface area contributed by atoms with Gasteiger partial charge in [0.1, 0.15) is 17.5 Å². The summed E-state index contributed by atoms with van der Waals surface area (Å²) < 4.78 is 28.5. The molecule has 0 aliphatic heterocycles. The van der Waals surface area contributed by atoms with Gasteiger partial charge in [0.15, 0.2) is 0 Å². The van der Waals surface area contributed by atoms with Crippen molar-refractivity contribution in [1.82, 2.24) is 15.1 Å². The summed E-state index contributed by atoms with van der Waals surface area (Å²) in [6.45, 7) is 2.11. The van der Waals surface area contributed by atoms with Gasteiger partial charge in [0.2, 0.25) is 10.0 Å². The number of benzene rings is 1. The van der Waals surface area contributed by atoms with Gasteiger partial charge in [0.25, 0.3) is 5.71 Å². The van der Waals surface area contributed by atoms with Gasteiger partial charge < -0.3 is 9.42 Å². The quantitative estimate of drug-likeness (QED) is 0.763. The maximum Gasteiger partial charge on any atom is 0.263 e. The van der Waals surface area contributed by atoms with Crippen LogP contribution in [0.2, 0.25) is 0 Å². The molecular formula is C14H15N5O3S. The van der Waals surface area contributed by atoms with E-state index in [1.54, 1.807) is 37.1 Å². The van der Waals surface area contributed by atoms with E-state index in [0.29, 0.717) is 34.7 Å². The zero-order valence-electron chi connectivity index (χ0n) is 12.6. The Morgan fingerprint density at radius 3 is 2.74 bits per heavy atom. The van der Waals surface area contributed by atoms with Crippen LogP contribution in [0.15, 0.2) is 40.0 Å². The molecule has 0 unspecified atom stereocenters. The first-order valence-electron chi connectivity index (χ1n) is 6.77. The first kappa shape index (κ1) is 15.4. The van der Waals surface area contributed by atoms with Crippen molar-refractivity contribution in [2.45, 2.75) is 18.4 Å². The number of fused-ring (bicyclic) bond motifs is 1. The van der Waals surface area contributed by atoms with E-state index in [2.05, 4.69) is 15.1 Å². The van der Waals surface area contributed by atoms with Crippen LogP contribution in [0.25, 0.3) is 11.1 Å². The van der Waals surface area contributed by atoms with E-state index >= 15 is 0 Å². The SMILES string of the molecule is Cc1noc2ncnc(N(C)Cc3ccccc3S(N)(=O)=O)c12. The number of nitrogens with zero attached hydrogens (tertiary/aromatic N) is 4. The standard InChI is InChI=1S/C14H15N5O3S/c1-9-12-13(16-8-17-14(12)22-18-9)19(2)7-10-5-3-4-6-11(10)23(15,20)21/h3-6,8H,7H2,1-2H3,(H2,15,20,21). The predicted octanol–water partition coefficient (Wildman–Crippen LogP) is 1.21. The van der Waals surface area contributed by atoms with Gasteiger partial charge in [0, 0.05) is 13.6 Å². The molecule has 0 saturated carbocycles. The molecule has 9 heteroatoms. The number of aryl methyl sites for hydroxylation is 1. The minimum absolute atomic E-state index is 0.0965. The molecule has 0 saturated heterocycles. The molecule has 0 spiro atoms. The predicted molar refractivity (Wildman–Crippen MR) is 84.3 cm³/mol. The van der Waals surface area contributed by atoms with Gasteiger partial charge in [-0.3, -0.25) is 0 Å². The van der Waals surface area contributed by atoms with E-state index in [9.17, 15) is 8.42 Å². The largest absolute Gasteiger partial charge is 0.355 e. The van der Waals surface area contributed by atoms with Crippen molar-refractivity contribution in [1.29, 1.82) is 0 Å². The van der Waals surface area contributed by atoms with Crippen LogP contribution in [-0.4, -0.2) is 30.6 Å². The number of nitrogens with two attached hydrogens (primary N) is 1. The molecule has 0 aliphatic rings. The topological polar surface area (TPSA) is 115 Å². The highest BCUT2D eigenvalue weighted by Crippen LogP contribution is 2.26. The Kier molecular flexibility index (Phi) is 3.74. The average molecular weight is 333 g/mol. The van der Waals surface area contributed by atoms with Crippen molar-refractivity contribution < 1.29 is 12.9 Å². The molecule has 0 amide bonds. The Morgan fingerprint density at radius 1 is 1.26 bits per heavy atom. The molecule has 3 aromatic rings. The maximum absolute atomic E-state index is 11.7. The van der Waals surface area contributed by atoms with E-state index in [-0.39, 0.29) is 4.90 Å². The molecule has 0 fully saturated rings. The van der Waals surface area contributed by atoms with Crippen molar-refractivity contribution in [3.05, 3.63) is 41.9 Å². The second-order valence-electron chi connectivity index (χ2n) is 5.15. The van der Waals surface area contributed by atoms with Gasteiger partial charge in [-0.25, -0.2) is 18.5 Å². The van der Waals surface area contributed by atoms with Crippen molar-refractivity contribution in [2.24, 2.45) is 5.14 Å². The monoisotopic (exact) mass is 333 g/mol. The fourth-order valence-corrected chi connectivity index (χ4v) is 3.20. The summed E-state index contributed by atoms with van der Waals surface area (Å²) in [5, 5.41) is 9.85. The van der Waals surface area contributed by atoms with Crippen LogP contribution in [0.4, 0.5) is 5.82 Å². The molecule has 0 aliphatic carbocycles. The number of primary sulfonamides is 1. The second kappa shape index (κ2) is 5.60. The van der Waals surface area contributed by atoms with Gasteiger partial charge in [-0.2, -0.15) is 4.98 Å². The van der Waals surface area contributed by atoms with Crippen molar-refractivity contribution in [3.63, 3.8) is 0 Å². The van der Waals surface area contributed by atoms with E-state index in [1.165, 1.54) is 12.4 Å². The molecule has 120 valence electrons. The lowest BCUT2D eigenvalue weighted by atomic mass is 10.2. The smallest absolute Gasteiger partial charge is 0.263 e. The van der Waals surface area contributed by atoms with Crippen LogP contribution in [0, 0.1) is 6.92 Å². The van der Waals surface area contributed by atoms with E-state index in [1.807, 2.05) is 0 Å². The summed E-state index contributed by atoms with van der Waals surface area (Å²) in [5.74, 6) is 0.609. The molecule has 1 aromatic carbocycles. The normalized spacial score (nSPS) is 11.8. The highest BCUT2D eigenvalue weighted by molar-refractivity contribution is 7.89. The van der Waals surface area contributed by atoms with Gasteiger partial charge in [-0.15, -0.1) is 0 Å². The molecule has 0 bridgehead atoms. The molecular weight excluding hydrogens is 318 g/mol. The van der Waals surface area contributed by atoms with Crippen LogP contribution in [-0.2, 0) is 16.6 Å². The van der Waals surface area contributed by atoms with Gasteiger partial charge >= 0.3 is 0 Å². The maximum atomic E-state index is 11.7. The fourth-order valence-electron chi connectivity index (χ4n) is 2.44. The first-order valence-corrected chi connectivity index (χ1v) is 8.31. The average Bonchev–Trinajstić information content (AvgIpc) is 2.88. The van der Waals surface area contributed by atoms with Gasteiger partial charge in [-0.1, -0.05) is 23.4 Å². The van der Waals surface area contributed by atoms with Crippen molar-refractivity contribution in [3.8, 4) is 0 Å². The summed E-state index contributed by atoms with van der Waals surface area (Å²) in [6, 6.07) is 6.60. The Morgan fingerprint density at radius 2 is 2.00 bits per heavy atom. The first-order chi connectivity index (χ1) is 10.9. The minimum atomic E-state index is -3.79. The minimum Gasteiger partial charge on any atom is -0.355 e. The molecule has 2 aromatic heterocycles. The summed E-state index contributed by atoms with van der Waals surface area (Å²) in [5.41, 5.74) is 1.64. The molecule has 2 heterocycles. The third-order valence-electron chi connectivity index (χ3n) is 3.47. The summed E-state index contributed by atoms with van der Waals surface area (Å²) in [4.78, 5) is 10.2. The number of hydrogen-bond acceptors (Lipinski definition) is 7. The van der Waals surface area contributed by atoms with Crippen LogP contribution in [0.3, 0.4) is 0 Å². The van der Waals surface area contributed by atoms with Crippen LogP contribution >= 0.6 is 0 Å². The number of aromatic nitrogens is 3. The molecule has 3 rings (SSSR count). The highest BCUT2D eigenvalue weighted by Gasteiger charge is 2.18. The summed E-state index contributed by atoms with van der Waals surface area (Å²) in [6.07, 6.45) is 1.38. The molecule has 8 nitrogen and oxygen atoms in total. The third kappa shape index (κ3) is 2.88. The number of sulfonamides is 1. The Hall–Kier alpha value is -2.52. The van der Waals surface area contributed by atoms with Crippen LogP contribution in [0.1, 0.15) is 11.3 Å². The zero-order chi connectivity index (χ0) is 16.6. The fraction of sp³-hybridized carbons (Fsp3) is 0.214. The van der Waals surface area contributed by atoms with Crippen LogP contribution in [0.5, 0.6) is 0 Å². The lowest BCUT2D eigenvalue weighted by Gasteiger charge is -2.20. The Bertz CT molecular complexity index is 967. The Balaban J connectivity index is 2.03. The molecule has 0 atom stereocenters. The zero-order valence-corrected chi connectivity index (χ0v) is 13.4. The van der Waals surface area contributed by atoms with Crippen LogP contribution < -0.4 is 10.0 Å². The number of hydrogen-bond donors (Lipinski definition) is 1. The number of anilines is 1. The molecule has 0 radical (unpaired) electrons. The van der Waals surface area contributed by atoms with Gasteiger partial charge in [-0.05, 0) is 18.6 Å². The van der Waals surface area contributed by atoms with Crippen molar-refractivity contribution >= 4 is 26.9 Å². The second-order valence-corrected chi connectivity index (χ2v) is 6.68. The van der Waals surface area contributed by atoms with E-state index in [0.717, 1.165) is 0 Å². The summed E-state index contributed by atoms with van der Waals surface area (Å²) in [7, 11) is -1.99. The third-order valence-corrected chi connectivity index (χ3v) is 4.48. The molecule has 23 heavy (non-hydrogen) atoms. The lowest BCUT2D eigenvalue weighted by Crippen LogP contribution is -2.22. The number of rotatable bonds is 4. The Labute approximate surface area is 133 Å². The van der Waals surface area contributed by atoms with Crippen molar-refractivity contribution in [2.75, 3.05) is 11.9 Å². The summed E-state index contributed by atoms with van der Waals surface area (Å²) >= 11 is 0. The van der Waals surface area contributed by atoms with Gasteiger partial charge in [0.05, 0.1) is 10.6 Å². The van der Waals surface area contributed by atoms with E-state index in [4.69, 9.17) is 9.66 Å². The van der Waals surface area contributed by atoms with E-state index < -0.39 is 10.0 Å². The highest BCUT2D eigenvalue weighted by atomic mass is 32.2. The lowest BCUT2D eigenvalue weighted by molar-refractivity contribution is 0.442.